The van der Waals surface area contributed by atoms with E-state index in [1.54, 1.807) is 32.7 Å². The summed E-state index contributed by atoms with van der Waals surface area (Å²) in [6, 6.07) is 8.32. The molecule has 3 aromatic rings. The summed E-state index contributed by atoms with van der Waals surface area (Å²) in [6.07, 6.45) is 0.914. The van der Waals surface area contributed by atoms with Gasteiger partial charge in [-0.15, -0.1) is 11.3 Å². The van der Waals surface area contributed by atoms with Gasteiger partial charge in [0.05, 0.1) is 26.5 Å². The highest BCUT2D eigenvalue weighted by Crippen LogP contribution is 2.31. The van der Waals surface area contributed by atoms with E-state index in [-0.39, 0.29) is 0 Å². The molecule has 7 heteroatoms. The molecule has 0 atom stereocenters. The molecule has 156 valence electrons. The van der Waals surface area contributed by atoms with E-state index < -0.39 is 0 Å². The van der Waals surface area contributed by atoms with Crippen LogP contribution in [0.1, 0.15) is 17.0 Å². The van der Waals surface area contributed by atoms with Crippen molar-refractivity contribution in [3.63, 3.8) is 0 Å². The number of methoxy groups -OCH3 is 3. The first-order chi connectivity index (χ1) is 14.1. The third-order valence-corrected chi connectivity index (χ3v) is 5.81. The van der Waals surface area contributed by atoms with E-state index in [1.807, 2.05) is 12.1 Å². The van der Waals surface area contributed by atoms with E-state index in [4.69, 9.17) is 19.2 Å². The normalized spacial score (nSPS) is 10.9. The van der Waals surface area contributed by atoms with E-state index >= 15 is 0 Å². The molecule has 0 aliphatic carbocycles. The fourth-order valence-corrected chi connectivity index (χ4v) is 4.16. The van der Waals surface area contributed by atoms with Crippen LogP contribution in [-0.4, -0.2) is 44.0 Å². The van der Waals surface area contributed by atoms with Gasteiger partial charge in [0.1, 0.15) is 0 Å². The number of rotatable bonds is 10. The number of benzene rings is 1. The van der Waals surface area contributed by atoms with Crippen molar-refractivity contribution in [2.24, 2.45) is 0 Å². The lowest BCUT2D eigenvalue weighted by molar-refractivity contribution is 0.211. The number of anilines is 1. The molecule has 0 radical (unpaired) electrons. The molecule has 0 bridgehead atoms. The fraction of sp³-hybridized carbons (Fsp3) is 0.409. The first kappa shape index (κ1) is 21.2. The maximum Gasteiger partial charge on any atom is 0.183 e. The fourth-order valence-electron chi connectivity index (χ4n) is 3.42. The summed E-state index contributed by atoms with van der Waals surface area (Å²) < 4.78 is 18.2. The van der Waals surface area contributed by atoms with Crippen LogP contribution in [0.4, 0.5) is 5.13 Å². The zero-order chi connectivity index (χ0) is 20.8. The SMILES string of the molecule is COCCNc1nc(-c2cc(C)n(CCc3ccc(OC)c(OC)c3)c2C)cs1. The molecule has 2 aromatic heterocycles. The van der Waals surface area contributed by atoms with Crippen molar-refractivity contribution in [3.05, 3.63) is 46.6 Å². The van der Waals surface area contributed by atoms with Crippen LogP contribution in [0.2, 0.25) is 0 Å². The van der Waals surface area contributed by atoms with Gasteiger partial charge in [0.2, 0.25) is 0 Å². The zero-order valence-corrected chi connectivity index (χ0v) is 18.6. The molecule has 3 rings (SSSR count). The number of nitrogens with one attached hydrogen (secondary N) is 1. The summed E-state index contributed by atoms with van der Waals surface area (Å²) in [5.74, 6) is 1.52. The van der Waals surface area contributed by atoms with Crippen molar-refractivity contribution in [2.75, 3.05) is 39.8 Å². The Morgan fingerprint density at radius 2 is 1.86 bits per heavy atom. The van der Waals surface area contributed by atoms with E-state index in [1.165, 1.54) is 22.5 Å². The highest BCUT2D eigenvalue weighted by Gasteiger charge is 2.14. The van der Waals surface area contributed by atoms with Gasteiger partial charge in [-0.1, -0.05) is 6.07 Å². The molecule has 0 fully saturated rings. The lowest BCUT2D eigenvalue weighted by Gasteiger charge is -2.12. The average molecular weight is 416 g/mol. The maximum absolute atomic E-state index is 5.42. The van der Waals surface area contributed by atoms with Gasteiger partial charge in [-0.25, -0.2) is 4.98 Å². The topological polar surface area (TPSA) is 57.5 Å². The van der Waals surface area contributed by atoms with Crippen LogP contribution in [0.25, 0.3) is 11.3 Å². The van der Waals surface area contributed by atoms with Gasteiger partial charge < -0.3 is 24.1 Å². The molecule has 0 amide bonds. The van der Waals surface area contributed by atoms with E-state index in [0.717, 1.165) is 41.8 Å². The molecule has 0 aliphatic heterocycles. The Labute approximate surface area is 176 Å². The van der Waals surface area contributed by atoms with Crippen molar-refractivity contribution < 1.29 is 14.2 Å². The van der Waals surface area contributed by atoms with Crippen molar-refractivity contribution >= 4 is 16.5 Å². The lowest BCUT2D eigenvalue weighted by atomic mass is 10.1. The predicted octanol–water partition coefficient (Wildman–Crippen LogP) is 4.55. The van der Waals surface area contributed by atoms with Crippen LogP contribution in [0.3, 0.4) is 0 Å². The Balaban J connectivity index is 1.73. The third-order valence-electron chi connectivity index (χ3n) is 5.01. The molecule has 0 aliphatic rings. The molecule has 1 N–H and O–H groups in total. The molecular weight excluding hydrogens is 386 g/mol. The van der Waals surface area contributed by atoms with E-state index in [9.17, 15) is 0 Å². The average Bonchev–Trinajstić information content (AvgIpc) is 3.30. The smallest absolute Gasteiger partial charge is 0.183 e. The number of hydrogen-bond donors (Lipinski definition) is 1. The summed E-state index contributed by atoms with van der Waals surface area (Å²) in [6.45, 7) is 6.63. The number of aromatic nitrogens is 2. The third kappa shape index (κ3) is 4.92. The molecule has 2 heterocycles. The number of ether oxygens (including phenoxy) is 3. The molecule has 0 saturated heterocycles. The molecule has 0 unspecified atom stereocenters. The molecular formula is C22H29N3O3S. The summed E-state index contributed by atoms with van der Waals surface area (Å²) >= 11 is 1.62. The van der Waals surface area contributed by atoms with Gasteiger partial charge in [-0.2, -0.15) is 0 Å². The van der Waals surface area contributed by atoms with Crippen LogP contribution >= 0.6 is 11.3 Å². The molecule has 1 aromatic carbocycles. The van der Waals surface area contributed by atoms with Crippen LogP contribution in [0.5, 0.6) is 11.5 Å². The van der Waals surface area contributed by atoms with Crippen molar-refractivity contribution in [1.82, 2.24) is 9.55 Å². The number of nitrogens with zero attached hydrogens (tertiary/aromatic N) is 2. The van der Waals surface area contributed by atoms with E-state index in [0.29, 0.717) is 6.61 Å². The van der Waals surface area contributed by atoms with Crippen LogP contribution in [0, 0.1) is 13.8 Å². The van der Waals surface area contributed by atoms with Gasteiger partial charge >= 0.3 is 0 Å². The first-order valence-electron chi connectivity index (χ1n) is 9.63. The lowest BCUT2D eigenvalue weighted by Crippen LogP contribution is -2.07. The maximum atomic E-state index is 5.42. The largest absolute Gasteiger partial charge is 0.493 e. The Kier molecular flexibility index (Phi) is 7.17. The van der Waals surface area contributed by atoms with Crippen molar-refractivity contribution in [2.45, 2.75) is 26.8 Å². The minimum atomic E-state index is 0.666. The van der Waals surface area contributed by atoms with Crippen molar-refractivity contribution in [3.8, 4) is 22.8 Å². The minimum absolute atomic E-state index is 0.666. The second-order valence-electron chi connectivity index (χ2n) is 6.83. The van der Waals surface area contributed by atoms with Crippen LogP contribution in [0.15, 0.2) is 29.6 Å². The van der Waals surface area contributed by atoms with E-state index in [2.05, 4.69) is 41.2 Å². The molecule has 6 nitrogen and oxygen atoms in total. The molecule has 29 heavy (non-hydrogen) atoms. The first-order valence-corrected chi connectivity index (χ1v) is 10.5. The van der Waals surface area contributed by atoms with Gasteiger partial charge in [0, 0.05) is 42.5 Å². The Morgan fingerprint density at radius 3 is 2.59 bits per heavy atom. The molecule has 0 spiro atoms. The van der Waals surface area contributed by atoms with Gasteiger partial charge in [-0.3, -0.25) is 0 Å². The number of thiazole rings is 1. The minimum Gasteiger partial charge on any atom is -0.493 e. The van der Waals surface area contributed by atoms with Gasteiger partial charge in [-0.05, 0) is 44.0 Å². The monoisotopic (exact) mass is 415 g/mol. The van der Waals surface area contributed by atoms with Gasteiger partial charge in [0.25, 0.3) is 0 Å². The predicted molar refractivity (Wildman–Crippen MR) is 119 cm³/mol. The Morgan fingerprint density at radius 1 is 1.07 bits per heavy atom. The second-order valence-corrected chi connectivity index (χ2v) is 7.69. The summed E-state index contributed by atoms with van der Waals surface area (Å²) in [5.41, 5.74) is 5.89. The molecule has 0 saturated carbocycles. The van der Waals surface area contributed by atoms with Crippen LogP contribution < -0.4 is 14.8 Å². The second kappa shape index (κ2) is 9.80. The standard InChI is InChI=1S/C22H29N3O3S/c1-15-12-18(19-14-29-22(24-19)23-9-11-26-3)16(2)25(15)10-8-17-6-7-20(27-4)21(13-17)28-5/h6-7,12-14H,8-11H2,1-5H3,(H,23,24). The summed E-state index contributed by atoms with van der Waals surface area (Å²) in [7, 11) is 5.02. The quantitative estimate of drug-likeness (QED) is 0.493. The van der Waals surface area contributed by atoms with Crippen LogP contribution in [-0.2, 0) is 17.7 Å². The zero-order valence-electron chi connectivity index (χ0n) is 17.7. The Bertz CT molecular complexity index is 949. The Hall–Kier alpha value is -2.51. The summed E-state index contributed by atoms with van der Waals surface area (Å²) in [4.78, 5) is 4.74. The number of aryl methyl sites for hydroxylation is 2. The highest BCUT2D eigenvalue weighted by molar-refractivity contribution is 7.14. The van der Waals surface area contributed by atoms with Crippen molar-refractivity contribution in [1.29, 1.82) is 0 Å². The van der Waals surface area contributed by atoms with Gasteiger partial charge in [0.15, 0.2) is 16.6 Å². The summed E-state index contributed by atoms with van der Waals surface area (Å²) in [5, 5.41) is 6.33. The highest BCUT2D eigenvalue weighted by atomic mass is 32.1. The number of hydrogen-bond acceptors (Lipinski definition) is 6.